The zero-order valence-corrected chi connectivity index (χ0v) is 20.7. The van der Waals surface area contributed by atoms with Crippen LogP contribution in [-0.2, 0) is 4.79 Å². The number of benzene rings is 2. The summed E-state index contributed by atoms with van der Waals surface area (Å²) in [6, 6.07) is 15.2. The average molecular weight is 493 g/mol. The number of anilines is 1. The van der Waals surface area contributed by atoms with E-state index in [1.807, 2.05) is 54.3 Å². The number of halogens is 1. The molecule has 3 heterocycles. The van der Waals surface area contributed by atoms with Crippen molar-refractivity contribution in [1.29, 1.82) is 0 Å². The zero-order valence-electron chi connectivity index (χ0n) is 20.0. The van der Waals surface area contributed by atoms with E-state index in [9.17, 15) is 9.59 Å². The molecule has 2 aliphatic heterocycles. The summed E-state index contributed by atoms with van der Waals surface area (Å²) in [7, 11) is 0. The molecule has 7 nitrogen and oxygen atoms in total. The smallest absolute Gasteiger partial charge is 0.259 e. The quantitative estimate of drug-likeness (QED) is 0.542. The SMILES string of the molecule is Cc1ccc(NC(=O)CCN2CC3CN(C(=O)c4c(-c5ccccc5)noc4C)CC3C2)cc1Cl. The summed E-state index contributed by atoms with van der Waals surface area (Å²) in [6.45, 7) is 7.65. The molecule has 0 spiro atoms. The number of amides is 2. The van der Waals surface area contributed by atoms with E-state index in [1.54, 1.807) is 13.0 Å². The highest BCUT2D eigenvalue weighted by Crippen LogP contribution is 2.34. The maximum atomic E-state index is 13.4. The van der Waals surface area contributed by atoms with Crippen molar-refractivity contribution in [3.05, 3.63) is 70.4 Å². The van der Waals surface area contributed by atoms with Crippen molar-refractivity contribution in [1.82, 2.24) is 15.0 Å². The summed E-state index contributed by atoms with van der Waals surface area (Å²) in [5.41, 5.74) is 3.74. The average Bonchev–Trinajstić information content (AvgIpc) is 3.53. The first kappa shape index (κ1) is 23.6. The van der Waals surface area contributed by atoms with Gasteiger partial charge in [-0.1, -0.05) is 53.2 Å². The van der Waals surface area contributed by atoms with Crippen LogP contribution in [0.25, 0.3) is 11.3 Å². The van der Waals surface area contributed by atoms with Crippen LogP contribution >= 0.6 is 11.6 Å². The van der Waals surface area contributed by atoms with E-state index in [-0.39, 0.29) is 11.8 Å². The third kappa shape index (κ3) is 4.97. The summed E-state index contributed by atoms with van der Waals surface area (Å²) in [5.74, 6) is 1.35. The summed E-state index contributed by atoms with van der Waals surface area (Å²) in [6.07, 6.45) is 0.425. The van der Waals surface area contributed by atoms with Crippen LogP contribution in [0.5, 0.6) is 0 Å². The Morgan fingerprint density at radius 1 is 1.06 bits per heavy atom. The van der Waals surface area contributed by atoms with Crippen LogP contribution in [0.4, 0.5) is 5.69 Å². The molecule has 2 aromatic carbocycles. The lowest BCUT2D eigenvalue weighted by Crippen LogP contribution is -2.34. The first-order valence-corrected chi connectivity index (χ1v) is 12.4. The molecule has 182 valence electrons. The molecular formula is C27H29ClN4O3. The minimum absolute atomic E-state index is 0.0142. The number of aromatic nitrogens is 1. The fourth-order valence-corrected chi connectivity index (χ4v) is 5.35. The number of fused-ring (bicyclic) bond motifs is 1. The van der Waals surface area contributed by atoms with E-state index in [0.29, 0.717) is 59.9 Å². The van der Waals surface area contributed by atoms with Crippen molar-refractivity contribution in [2.24, 2.45) is 11.8 Å². The van der Waals surface area contributed by atoms with Gasteiger partial charge in [0.05, 0.1) is 0 Å². The summed E-state index contributed by atoms with van der Waals surface area (Å²) in [5, 5.41) is 7.74. The van der Waals surface area contributed by atoms with Crippen LogP contribution in [0.15, 0.2) is 53.1 Å². The summed E-state index contributed by atoms with van der Waals surface area (Å²) >= 11 is 6.15. The molecule has 2 fully saturated rings. The molecule has 3 aromatic rings. The van der Waals surface area contributed by atoms with Gasteiger partial charge in [-0.2, -0.15) is 0 Å². The van der Waals surface area contributed by atoms with E-state index in [2.05, 4.69) is 15.4 Å². The standard InChI is InChI=1S/C27H29ClN4O3/c1-17-8-9-22(12-23(17)28)29-24(33)10-11-31-13-20-15-32(16-21(20)14-31)27(34)25-18(2)35-30-26(25)19-6-4-3-5-7-19/h3-9,12,20-21H,10-11,13-16H2,1-2H3,(H,29,33). The largest absolute Gasteiger partial charge is 0.360 e. The van der Waals surface area contributed by atoms with E-state index in [1.165, 1.54) is 0 Å². The number of hydrogen-bond donors (Lipinski definition) is 1. The first-order chi connectivity index (χ1) is 16.9. The van der Waals surface area contributed by atoms with Crippen LogP contribution in [-0.4, -0.2) is 59.5 Å². The van der Waals surface area contributed by atoms with E-state index < -0.39 is 0 Å². The molecule has 5 rings (SSSR count). The number of aryl methyl sites for hydroxylation is 2. The van der Waals surface area contributed by atoms with Gasteiger partial charge in [0.25, 0.3) is 5.91 Å². The zero-order chi connectivity index (χ0) is 24.5. The Morgan fingerprint density at radius 2 is 1.77 bits per heavy atom. The molecule has 2 aliphatic rings. The van der Waals surface area contributed by atoms with Gasteiger partial charge >= 0.3 is 0 Å². The van der Waals surface area contributed by atoms with Crippen LogP contribution in [0, 0.1) is 25.7 Å². The van der Waals surface area contributed by atoms with Gasteiger partial charge in [-0.15, -0.1) is 0 Å². The monoisotopic (exact) mass is 492 g/mol. The summed E-state index contributed by atoms with van der Waals surface area (Å²) < 4.78 is 5.40. The number of carbonyl (C=O) groups excluding carboxylic acids is 2. The Balaban J connectivity index is 1.14. The van der Waals surface area contributed by atoms with Crippen molar-refractivity contribution >= 4 is 29.1 Å². The number of nitrogens with one attached hydrogen (secondary N) is 1. The van der Waals surface area contributed by atoms with Crippen LogP contribution < -0.4 is 5.32 Å². The Bertz CT molecular complexity index is 1230. The van der Waals surface area contributed by atoms with Crippen LogP contribution in [0.2, 0.25) is 5.02 Å². The maximum Gasteiger partial charge on any atom is 0.259 e. The molecule has 2 unspecified atom stereocenters. The van der Waals surface area contributed by atoms with Crippen molar-refractivity contribution in [3.63, 3.8) is 0 Å². The fourth-order valence-electron chi connectivity index (χ4n) is 5.17. The predicted molar refractivity (Wildman–Crippen MR) is 135 cm³/mol. The van der Waals surface area contributed by atoms with Gasteiger partial charge < -0.3 is 19.6 Å². The first-order valence-electron chi connectivity index (χ1n) is 12.0. The second kappa shape index (κ2) is 9.84. The minimum Gasteiger partial charge on any atom is -0.360 e. The van der Waals surface area contributed by atoms with Crippen molar-refractivity contribution in [3.8, 4) is 11.3 Å². The molecule has 2 saturated heterocycles. The summed E-state index contributed by atoms with van der Waals surface area (Å²) in [4.78, 5) is 30.1. The normalized spacial score (nSPS) is 19.7. The van der Waals surface area contributed by atoms with Gasteiger partial charge in [-0.3, -0.25) is 9.59 Å². The Morgan fingerprint density at radius 3 is 2.46 bits per heavy atom. The second-order valence-electron chi connectivity index (χ2n) is 9.58. The van der Waals surface area contributed by atoms with Crippen molar-refractivity contribution in [2.45, 2.75) is 20.3 Å². The molecule has 35 heavy (non-hydrogen) atoms. The van der Waals surface area contributed by atoms with Gasteiger partial charge in [0.1, 0.15) is 17.0 Å². The molecular weight excluding hydrogens is 464 g/mol. The fraction of sp³-hybridized carbons (Fsp3) is 0.370. The third-order valence-corrected chi connectivity index (χ3v) is 7.49. The van der Waals surface area contributed by atoms with Gasteiger partial charge in [0, 0.05) is 55.4 Å². The number of likely N-dealkylation sites (tertiary alicyclic amines) is 2. The maximum absolute atomic E-state index is 13.4. The molecule has 8 heteroatoms. The highest BCUT2D eigenvalue weighted by Gasteiger charge is 2.42. The van der Waals surface area contributed by atoms with Crippen molar-refractivity contribution < 1.29 is 14.1 Å². The molecule has 0 bridgehead atoms. The number of carbonyl (C=O) groups is 2. The van der Waals surface area contributed by atoms with Crippen LogP contribution in [0.1, 0.15) is 28.1 Å². The lowest BCUT2D eigenvalue weighted by molar-refractivity contribution is -0.116. The predicted octanol–water partition coefficient (Wildman–Crippen LogP) is 4.64. The molecule has 2 atom stereocenters. The molecule has 0 saturated carbocycles. The van der Waals surface area contributed by atoms with Gasteiger partial charge in [0.2, 0.25) is 5.91 Å². The van der Waals surface area contributed by atoms with E-state index in [0.717, 1.165) is 29.9 Å². The van der Waals surface area contributed by atoms with Crippen molar-refractivity contribution in [2.75, 3.05) is 38.0 Å². The lowest BCUT2D eigenvalue weighted by Gasteiger charge is -2.21. The van der Waals surface area contributed by atoms with Gasteiger partial charge in [-0.25, -0.2) is 0 Å². The minimum atomic E-state index is -0.0184. The number of hydrogen-bond acceptors (Lipinski definition) is 5. The molecule has 1 N–H and O–H groups in total. The van der Waals surface area contributed by atoms with Gasteiger partial charge in [0.15, 0.2) is 0 Å². The third-order valence-electron chi connectivity index (χ3n) is 7.08. The molecule has 0 aliphatic carbocycles. The van der Waals surface area contributed by atoms with Gasteiger partial charge in [-0.05, 0) is 43.4 Å². The Labute approximate surface area is 210 Å². The highest BCUT2D eigenvalue weighted by molar-refractivity contribution is 6.31. The van der Waals surface area contributed by atoms with Crippen LogP contribution in [0.3, 0.4) is 0 Å². The Hall–Kier alpha value is -3.16. The van der Waals surface area contributed by atoms with E-state index in [4.69, 9.17) is 16.1 Å². The van der Waals surface area contributed by atoms with E-state index >= 15 is 0 Å². The highest BCUT2D eigenvalue weighted by atomic mass is 35.5. The molecule has 1 aromatic heterocycles. The molecule has 2 amide bonds. The topological polar surface area (TPSA) is 78.7 Å². The Kier molecular flexibility index (Phi) is 6.62. The molecule has 0 radical (unpaired) electrons. The second-order valence-corrected chi connectivity index (χ2v) is 9.99. The number of nitrogens with zero attached hydrogens (tertiary/aromatic N) is 3. The lowest BCUT2D eigenvalue weighted by atomic mass is 10.0. The number of rotatable bonds is 6.